The minimum atomic E-state index is -0.637. The van der Waals surface area contributed by atoms with Crippen molar-refractivity contribution in [3.8, 4) is 0 Å². The van der Waals surface area contributed by atoms with E-state index in [4.69, 9.17) is 9.47 Å². The van der Waals surface area contributed by atoms with Crippen molar-refractivity contribution in [2.45, 2.75) is 26.4 Å². The molecular weight excluding hydrogens is 286 g/mol. The van der Waals surface area contributed by atoms with Crippen LogP contribution in [-0.2, 0) is 14.3 Å². The quantitative estimate of drug-likeness (QED) is 0.780. The summed E-state index contributed by atoms with van der Waals surface area (Å²) in [5, 5.41) is 0. The largest absolute Gasteiger partial charge is 0.458 e. The van der Waals surface area contributed by atoms with Crippen LogP contribution >= 0.6 is 0 Å². The maximum Gasteiger partial charge on any atom is 0.416 e. The van der Waals surface area contributed by atoms with Gasteiger partial charge in [0, 0.05) is 0 Å². The van der Waals surface area contributed by atoms with E-state index >= 15 is 0 Å². The van der Waals surface area contributed by atoms with Crippen molar-refractivity contribution in [2.24, 2.45) is 5.92 Å². The number of amides is 2. The van der Waals surface area contributed by atoms with E-state index in [0.717, 1.165) is 4.90 Å². The van der Waals surface area contributed by atoms with Gasteiger partial charge in [-0.05, 0) is 18.1 Å². The van der Waals surface area contributed by atoms with Crippen LogP contribution in [0, 0.1) is 5.92 Å². The van der Waals surface area contributed by atoms with Gasteiger partial charge >= 0.3 is 12.1 Å². The fourth-order valence-electron chi connectivity index (χ4n) is 2.10. The van der Waals surface area contributed by atoms with Gasteiger partial charge in [0.15, 0.2) is 0 Å². The van der Waals surface area contributed by atoms with Crippen LogP contribution in [0.5, 0.6) is 0 Å². The van der Waals surface area contributed by atoms with Crippen LogP contribution in [0.4, 0.5) is 4.79 Å². The van der Waals surface area contributed by atoms with Crippen LogP contribution in [0.3, 0.4) is 0 Å². The number of esters is 1. The normalized spacial score (nSPS) is 15.6. The molecule has 1 saturated heterocycles. The summed E-state index contributed by atoms with van der Waals surface area (Å²) in [6, 6.07) is 8.59. The molecule has 0 aliphatic carbocycles. The summed E-state index contributed by atoms with van der Waals surface area (Å²) in [6.07, 6.45) is -1.26. The fraction of sp³-hybridized carbons (Fsp3) is 0.438. The highest BCUT2D eigenvalue weighted by molar-refractivity contribution is 5.93. The lowest BCUT2D eigenvalue weighted by Gasteiger charge is -2.22. The molecule has 0 N–H and O–H groups in total. The van der Waals surface area contributed by atoms with Crippen molar-refractivity contribution in [2.75, 3.05) is 13.2 Å². The first-order chi connectivity index (χ1) is 10.5. The third kappa shape index (κ3) is 3.84. The Labute approximate surface area is 129 Å². The van der Waals surface area contributed by atoms with Gasteiger partial charge in [0.2, 0.25) is 5.91 Å². The predicted molar refractivity (Wildman–Crippen MR) is 78.2 cm³/mol. The van der Waals surface area contributed by atoms with Gasteiger partial charge in [-0.2, -0.15) is 0 Å². The zero-order chi connectivity index (χ0) is 16.1. The number of carbonyl (C=O) groups is 3. The number of imide groups is 1. The molecular formula is C16H19NO5. The molecule has 1 heterocycles. The molecule has 2 rings (SSSR count). The Morgan fingerprint density at radius 3 is 2.50 bits per heavy atom. The highest BCUT2D eigenvalue weighted by Gasteiger charge is 2.32. The highest BCUT2D eigenvalue weighted by atomic mass is 16.6. The second kappa shape index (κ2) is 7.06. The second-order valence-electron chi connectivity index (χ2n) is 5.42. The van der Waals surface area contributed by atoms with Gasteiger partial charge in [0.25, 0.3) is 0 Å². The Bertz CT molecular complexity index is 555. The summed E-state index contributed by atoms with van der Waals surface area (Å²) >= 11 is 0. The lowest BCUT2D eigenvalue weighted by atomic mass is 10.0. The summed E-state index contributed by atoms with van der Waals surface area (Å²) in [5.41, 5.74) is 0.432. The molecule has 6 heteroatoms. The third-order valence-electron chi connectivity index (χ3n) is 3.45. The van der Waals surface area contributed by atoms with Crippen LogP contribution in [0.2, 0.25) is 0 Å². The summed E-state index contributed by atoms with van der Waals surface area (Å²) in [5.74, 6) is -0.909. The Balaban J connectivity index is 1.99. The maximum atomic E-state index is 12.1. The molecule has 1 unspecified atom stereocenters. The first kappa shape index (κ1) is 16.0. The molecule has 1 aromatic carbocycles. The molecule has 118 valence electrons. The molecule has 1 aliphatic rings. The second-order valence-corrected chi connectivity index (χ2v) is 5.42. The number of cyclic esters (lactones) is 1. The summed E-state index contributed by atoms with van der Waals surface area (Å²) < 4.78 is 10.2. The monoisotopic (exact) mass is 305 g/mol. The summed E-state index contributed by atoms with van der Waals surface area (Å²) in [4.78, 5) is 36.6. The van der Waals surface area contributed by atoms with Crippen molar-refractivity contribution >= 4 is 18.0 Å². The van der Waals surface area contributed by atoms with Crippen molar-refractivity contribution in [3.05, 3.63) is 35.9 Å². The molecule has 1 aliphatic heterocycles. The minimum Gasteiger partial charge on any atom is -0.458 e. The molecule has 6 nitrogen and oxygen atoms in total. The molecule has 0 radical (unpaired) electrons. The number of ether oxygens (including phenoxy) is 2. The molecule has 0 saturated carbocycles. The number of nitrogens with zero attached hydrogens (tertiary/aromatic N) is 1. The minimum absolute atomic E-state index is 0.0364. The smallest absolute Gasteiger partial charge is 0.416 e. The van der Waals surface area contributed by atoms with E-state index in [2.05, 4.69) is 0 Å². The zero-order valence-corrected chi connectivity index (χ0v) is 12.7. The van der Waals surface area contributed by atoms with Gasteiger partial charge in [-0.1, -0.05) is 32.0 Å². The zero-order valence-electron chi connectivity index (χ0n) is 12.7. The first-order valence-electron chi connectivity index (χ1n) is 7.22. The van der Waals surface area contributed by atoms with Crippen LogP contribution < -0.4 is 0 Å². The number of hydrogen-bond acceptors (Lipinski definition) is 5. The average Bonchev–Trinajstić information content (AvgIpc) is 2.93. The Hall–Kier alpha value is -2.37. The van der Waals surface area contributed by atoms with Crippen molar-refractivity contribution < 1.29 is 23.9 Å². The van der Waals surface area contributed by atoms with Gasteiger partial charge in [-0.15, -0.1) is 0 Å². The van der Waals surface area contributed by atoms with E-state index in [0.29, 0.717) is 5.56 Å². The van der Waals surface area contributed by atoms with E-state index in [-0.39, 0.29) is 31.4 Å². The Morgan fingerprint density at radius 1 is 1.27 bits per heavy atom. The molecule has 1 atom stereocenters. The van der Waals surface area contributed by atoms with Gasteiger partial charge < -0.3 is 9.47 Å². The van der Waals surface area contributed by atoms with E-state index < -0.39 is 18.2 Å². The Kier molecular flexibility index (Phi) is 5.14. The van der Waals surface area contributed by atoms with Gasteiger partial charge in [0.05, 0.1) is 18.5 Å². The summed E-state index contributed by atoms with van der Waals surface area (Å²) in [7, 11) is 0. The van der Waals surface area contributed by atoms with Crippen molar-refractivity contribution in [1.29, 1.82) is 0 Å². The predicted octanol–water partition coefficient (Wildman–Crippen LogP) is 2.24. The number of carbonyl (C=O) groups excluding carboxylic acids is 3. The molecule has 1 fully saturated rings. The fourth-order valence-corrected chi connectivity index (χ4v) is 2.10. The lowest BCUT2D eigenvalue weighted by molar-refractivity contribution is -0.130. The van der Waals surface area contributed by atoms with Crippen LogP contribution in [0.1, 0.15) is 30.6 Å². The SMILES string of the molecule is CC(C)C(CC(=O)N1CCOC1=O)OC(=O)c1ccccc1. The maximum absolute atomic E-state index is 12.1. The number of benzene rings is 1. The van der Waals surface area contributed by atoms with E-state index in [1.165, 1.54) is 0 Å². The van der Waals surface area contributed by atoms with Crippen molar-refractivity contribution in [1.82, 2.24) is 4.90 Å². The number of hydrogen-bond donors (Lipinski definition) is 0. The van der Waals surface area contributed by atoms with Crippen LogP contribution in [0.25, 0.3) is 0 Å². The topological polar surface area (TPSA) is 72.9 Å². The Morgan fingerprint density at radius 2 is 1.95 bits per heavy atom. The summed E-state index contributed by atoms with van der Waals surface area (Å²) in [6.45, 7) is 4.17. The molecule has 0 aromatic heterocycles. The molecule has 2 amide bonds. The number of rotatable bonds is 5. The standard InChI is InChI=1S/C16H19NO5/c1-11(2)13(10-14(18)17-8-9-21-16(17)20)22-15(19)12-6-4-3-5-7-12/h3-7,11,13H,8-10H2,1-2H3. The highest BCUT2D eigenvalue weighted by Crippen LogP contribution is 2.17. The lowest BCUT2D eigenvalue weighted by Crippen LogP contribution is -2.36. The molecule has 0 bridgehead atoms. The molecule has 1 aromatic rings. The van der Waals surface area contributed by atoms with Gasteiger partial charge in [-0.25, -0.2) is 14.5 Å². The van der Waals surface area contributed by atoms with E-state index in [9.17, 15) is 14.4 Å². The van der Waals surface area contributed by atoms with E-state index in [1.807, 2.05) is 13.8 Å². The van der Waals surface area contributed by atoms with Crippen LogP contribution in [-0.4, -0.2) is 42.1 Å². The van der Waals surface area contributed by atoms with Crippen LogP contribution in [0.15, 0.2) is 30.3 Å². The molecule has 22 heavy (non-hydrogen) atoms. The van der Waals surface area contributed by atoms with E-state index in [1.54, 1.807) is 30.3 Å². The van der Waals surface area contributed by atoms with Gasteiger partial charge in [-0.3, -0.25) is 4.79 Å². The molecule has 0 spiro atoms. The van der Waals surface area contributed by atoms with Crippen molar-refractivity contribution in [3.63, 3.8) is 0 Å². The first-order valence-corrected chi connectivity index (χ1v) is 7.22. The third-order valence-corrected chi connectivity index (χ3v) is 3.45. The van der Waals surface area contributed by atoms with Gasteiger partial charge in [0.1, 0.15) is 12.7 Å². The average molecular weight is 305 g/mol.